The van der Waals surface area contributed by atoms with E-state index >= 15 is 0 Å². The number of benzene rings is 2. The molecule has 9 heteroatoms. The molecule has 3 aromatic rings. The van der Waals surface area contributed by atoms with Crippen LogP contribution in [-0.4, -0.2) is 35.4 Å². The molecular weight excluding hydrogens is 387 g/mol. The minimum absolute atomic E-state index is 0.0230. The van der Waals surface area contributed by atoms with Crippen LogP contribution in [-0.2, 0) is 6.18 Å². The summed E-state index contributed by atoms with van der Waals surface area (Å²) < 4.78 is 43.2. The Labute approximate surface area is 164 Å². The number of fused-ring (bicyclic) bond motifs is 1. The van der Waals surface area contributed by atoms with E-state index in [1.54, 1.807) is 24.4 Å². The van der Waals surface area contributed by atoms with E-state index in [0.29, 0.717) is 11.2 Å². The number of nitrogens with one attached hydrogen (secondary N) is 2. The Morgan fingerprint density at radius 1 is 1.14 bits per heavy atom. The summed E-state index contributed by atoms with van der Waals surface area (Å²) in [6.07, 6.45) is -3.98. The summed E-state index contributed by atoms with van der Waals surface area (Å²) >= 11 is 0. The molecule has 3 N–H and O–H groups in total. The topological polar surface area (TPSA) is 83.5 Å². The highest BCUT2D eigenvalue weighted by molar-refractivity contribution is 5.99. The Hall–Kier alpha value is -3.33. The first-order valence-electron chi connectivity index (χ1n) is 8.69. The van der Waals surface area contributed by atoms with E-state index in [-0.39, 0.29) is 18.9 Å². The molecule has 6 nitrogen and oxygen atoms in total. The van der Waals surface area contributed by atoms with Gasteiger partial charge in [0.05, 0.1) is 16.8 Å². The monoisotopic (exact) mass is 405 g/mol. The number of alkyl halides is 3. The minimum Gasteiger partial charge on any atom is -0.491 e. The quantitative estimate of drug-likeness (QED) is 0.582. The number of urea groups is 1. The van der Waals surface area contributed by atoms with Gasteiger partial charge in [0, 0.05) is 18.1 Å². The van der Waals surface area contributed by atoms with E-state index in [9.17, 15) is 23.1 Å². The molecule has 0 bridgehead atoms. The molecule has 0 saturated heterocycles. The fourth-order valence-corrected chi connectivity index (χ4v) is 2.60. The standard InChI is InChI=1S/C20H18F3N3O3/c21-20(22,23)14-6-2-7-16(10-14)29-12-15(27)11-25-19(28)26-17-8-1-4-13-5-3-9-24-18(13)17/h1-10,15,27H,11-12H2,(H2,25,26,28). The molecule has 0 aliphatic heterocycles. The van der Waals surface area contributed by atoms with Gasteiger partial charge in [-0.05, 0) is 30.3 Å². The second-order valence-corrected chi connectivity index (χ2v) is 6.21. The lowest BCUT2D eigenvalue weighted by atomic mass is 10.2. The van der Waals surface area contributed by atoms with Crippen molar-refractivity contribution in [3.05, 3.63) is 66.4 Å². The van der Waals surface area contributed by atoms with E-state index < -0.39 is 23.9 Å². The Kier molecular flexibility index (Phi) is 6.18. The maximum absolute atomic E-state index is 12.7. The molecule has 0 spiro atoms. The van der Waals surface area contributed by atoms with Gasteiger partial charge in [0.25, 0.3) is 0 Å². The predicted octanol–water partition coefficient (Wildman–Crippen LogP) is 3.82. The average molecular weight is 405 g/mol. The molecule has 1 unspecified atom stereocenters. The highest BCUT2D eigenvalue weighted by atomic mass is 19.4. The van der Waals surface area contributed by atoms with Crippen LogP contribution in [0.1, 0.15) is 5.56 Å². The fraction of sp³-hybridized carbons (Fsp3) is 0.200. The van der Waals surface area contributed by atoms with Gasteiger partial charge >= 0.3 is 12.2 Å². The number of aliphatic hydroxyl groups is 1. The summed E-state index contributed by atoms with van der Waals surface area (Å²) in [5.41, 5.74) is 0.291. The summed E-state index contributed by atoms with van der Waals surface area (Å²) in [7, 11) is 0. The number of pyridine rings is 1. The summed E-state index contributed by atoms with van der Waals surface area (Å²) in [5.74, 6) is -0.0230. The zero-order valence-corrected chi connectivity index (χ0v) is 15.1. The Morgan fingerprint density at radius 2 is 1.90 bits per heavy atom. The third-order valence-electron chi connectivity index (χ3n) is 3.98. The van der Waals surface area contributed by atoms with Crippen LogP contribution in [0.15, 0.2) is 60.8 Å². The maximum Gasteiger partial charge on any atom is 0.416 e. The first kappa shape index (κ1) is 20.4. The summed E-state index contributed by atoms with van der Waals surface area (Å²) in [6, 6.07) is 12.8. The molecule has 0 fully saturated rings. The van der Waals surface area contributed by atoms with Crippen molar-refractivity contribution in [2.75, 3.05) is 18.5 Å². The maximum atomic E-state index is 12.7. The van der Waals surface area contributed by atoms with E-state index in [4.69, 9.17) is 4.74 Å². The lowest BCUT2D eigenvalue weighted by molar-refractivity contribution is -0.137. The van der Waals surface area contributed by atoms with Crippen LogP contribution in [0.2, 0.25) is 0 Å². The first-order chi connectivity index (χ1) is 13.8. The second kappa shape index (κ2) is 8.78. The van der Waals surface area contributed by atoms with E-state index in [1.165, 1.54) is 12.1 Å². The number of anilines is 1. The van der Waals surface area contributed by atoms with Crippen LogP contribution >= 0.6 is 0 Å². The molecule has 0 saturated carbocycles. The van der Waals surface area contributed by atoms with E-state index in [2.05, 4.69) is 15.6 Å². The van der Waals surface area contributed by atoms with Crippen LogP contribution in [0.5, 0.6) is 5.75 Å². The number of ether oxygens (including phenoxy) is 1. The number of nitrogens with zero attached hydrogens (tertiary/aromatic N) is 1. The lowest BCUT2D eigenvalue weighted by Crippen LogP contribution is -2.37. The Balaban J connectivity index is 1.49. The number of hydrogen-bond donors (Lipinski definition) is 3. The minimum atomic E-state index is -4.48. The number of para-hydroxylation sites is 1. The number of rotatable bonds is 6. The number of aromatic nitrogens is 1. The van der Waals surface area contributed by atoms with Crippen LogP contribution in [0.25, 0.3) is 10.9 Å². The predicted molar refractivity (Wildman–Crippen MR) is 102 cm³/mol. The van der Waals surface area contributed by atoms with Gasteiger partial charge < -0.3 is 20.5 Å². The van der Waals surface area contributed by atoms with Crippen LogP contribution in [0.4, 0.5) is 23.7 Å². The third-order valence-corrected chi connectivity index (χ3v) is 3.98. The largest absolute Gasteiger partial charge is 0.491 e. The second-order valence-electron chi connectivity index (χ2n) is 6.21. The van der Waals surface area contributed by atoms with Crippen molar-refractivity contribution in [2.24, 2.45) is 0 Å². The first-order valence-corrected chi connectivity index (χ1v) is 8.69. The Morgan fingerprint density at radius 3 is 2.69 bits per heavy atom. The molecule has 1 atom stereocenters. The van der Waals surface area contributed by atoms with Gasteiger partial charge in [-0.1, -0.05) is 24.3 Å². The zero-order valence-electron chi connectivity index (χ0n) is 15.1. The van der Waals surface area contributed by atoms with Crippen molar-refractivity contribution in [3.8, 4) is 5.75 Å². The summed E-state index contributed by atoms with van der Waals surface area (Å²) in [6.45, 7) is -0.430. The lowest BCUT2D eigenvalue weighted by Gasteiger charge is -2.15. The SMILES string of the molecule is O=C(NCC(O)COc1cccc(C(F)(F)F)c1)Nc1cccc2cccnc12. The molecule has 152 valence electrons. The van der Waals surface area contributed by atoms with Crippen molar-refractivity contribution in [3.63, 3.8) is 0 Å². The number of carbonyl (C=O) groups excluding carboxylic acids is 1. The fourth-order valence-electron chi connectivity index (χ4n) is 2.60. The van der Waals surface area contributed by atoms with Crippen molar-refractivity contribution >= 4 is 22.6 Å². The van der Waals surface area contributed by atoms with Crippen LogP contribution in [0, 0.1) is 0 Å². The van der Waals surface area contributed by atoms with Crippen molar-refractivity contribution in [2.45, 2.75) is 12.3 Å². The molecule has 29 heavy (non-hydrogen) atoms. The smallest absolute Gasteiger partial charge is 0.416 e. The van der Waals surface area contributed by atoms with Crippen molar-refractivity contribution in [1.82, 2.24) is 10.3 Å². The molecular formula is C20H18F3N3O3. The normalized spacial score (nSPS) is 12.4. The van der Waals surface area contributed by atoms with Gasteiger partial charge in [-0.3, -0.25) is 4.98 Å². The van der Waals surface area contributed by atoms with Crippen molar-refractivity contribution < 1.29 is 27.8 Å². The van der Waals surface area contributed by atoms with Gasteiger partial charge in [0.15, 0.2) is 0 Å². The highest BCUT2D eigenvalue weighted by Gasteiger charge is 2.30. The molecule has 1 heterocycles. The van der Waals surface area contributed by atoms with E-state index in [1.807, 2.05) is 12.1 Å². The van der Waals surface area contributed by atoms with Crippen molar-refractivity contribution in [1.29, 1.82) is 0 Å². The number of amides is 2. The molecule has 3 rings (SSSR count). The molecule has 0 aliphatic carbocycles. The van der Waals surface area contributed by atoms with E-state index in [0.717, 1.165) is 17.5 Å². The number of aliphatic hydroxyl groups excluding tert-OH is 1. The molecule has 1 aromatic heterocycles. The molecule has 0 aliphatic rings. The number of halogens is 3. The van der Waals surface area contributed by atoms with Gasteiger partial charge in [0.1, 0.15) is 18.5 Å². The summed E-state index contributed by atoms with van der Waals surface area (Å²) in [5, 5.41) is 15.9. The zero-order chi connectivity index (χ0) is 20.9. The molecule has 0 radical (unpaired) electrons. The summed E-state index contributed by atoms with van der Waals surface area (Å²) in [4.78, 5) is 16.3. The van der Waals surface area contributed by atoms with Gasteiger partial charge in [-0.25, -0.2) is 4.79 Å². The average Bonchev–Trinajstić information content (AvgIpc) is 2.70. The number of carbonyl (C=O) groups is 1. The molecule has 2 aromatic carbocycles. The third kappa shape index (κ3) is 5.58. The van der Waals surface area contributed by atoms with Crippen LogP contribution < -0.4 is 15.4 Å². The van der Waals surface area contributed by atoms with Gasteiger partial charge in [-0.2, -0.15) is 13.2 Å². The number of hydrogen-bond acceptors (Lipinski definition) is 4. The van der Waals surface area contributed by atoms with Gasteiger partial charge in [-0.15, -0.1) is 0 Å². The van der Waals surface area contributed by atoms with Crippen LogP contribution in [0.3, 0.4) is 0 Å². The highest BCUT2D eigenvalue weighted by Crippen LogP contribution is 2.31. The molecule has 2 amide bonds. The Bertz CT molecular complexity index is 990. The van der Waals surface area contributed by atoms with Gasteiger partial charge in [0.2, 0.25) is 0 Å².